The third kappa shape index (κ3) is 3.96. The molecular weight excluding hydrogens is 234 g/mol. The Balaban J connectivity index is 1.73. The molecule has 2 aliphatic rings. The van der Waals surface area contributed by atoms with Gasteiger partial charge in [0.2, 0.25) is 0 Å². The van der Waals surface area contributed by atoms with Crippen LogP contribution in [0.25, 0.3) is 0 Å². The molecule has 0 spiro atoms. The van der Waals surface area contributed by atoms with Gasteiger partial charge in [-0.3, -0.25) is 0 Å². The van der Waals surface area contributed by atoms with Crippen molar-refractivity contribution in [2.45, 2.75) is 77.2 Å². The maximum atomic E-state index is 10.1. The monoisotopic (exact) mass is 263 g/mol. The van der Waals surface area contributed by atoms with Gasteiger partial charge in [0.1, 0.15) is 0 Å². The minimum Gasteiger partial charge on any atom is -0.393 e. The van der Waals surface area contributed by atoms with Gasteiger partial charge in [0.05, 0.1) is 12.2 Å². The largest absolute Gasteiger partial charge is 0.393 e. The molecule has 19 heavy (non-hydrogen) atoms. The summed E-state index contributed by atoms with van der Waals surface area (Å²) in [5, 5.41) is 19.1. The molecule has 0 radical (unpaired) electrons. The molecular formula is C17H29NO. The molecule has 0 heterocycles. The van der Waals surface area contributed by atoms with E-state index in [1.165, 1.54) is 38.5 Å². The van der Waals surface area contributed by atoms with Gasteiger partial charge < -0.3 is 5.11 Å². The van der Waals surface area contributed by atoms with E-state index in [2.05, 4.69) is 13.0 Å². The number of aliphatic hydroxyl groups excluding tert-OH is 1. The van der Waals surface area contributed by atoms with Crippen LogP contribution in [0, 0.1) is 35.0 Å². The lowest BCUT2D eigenvalue weighted by Gasteiger charge is -2.38. The van der Waals surface area contributed by atoms with Crippen molar-refractivity contribution in [2.24, 2.45) is 23.7 Å². The molecule has 1 atom stereocenters. The standard InChI is InChI=1S/C17H29NO/c1-2-3-17(19)16-10-8-15(9-11-16)14-6-4-13(12-18)5-7-14/h13-17,19H,2-11H2,1H3. The number of hydrogen-bond donors (Lipinski definition) is 1. The average molecular weight is 263 g/mol. The smallest absolute Gasteiger partial charge is 0.0655 e. The first kappa shape index (κ1) is 14.9. The second kappa shape index (κ2) is 7.29. The van der Waals surface area contributed by atoms with Crippen LogP contribution in [-0.4, -0.2) is 11.2 Å². The van der Waals surface area contributed by atoms with E-state index in [1.807, 2.05) is 0 Å². The lowest BCUT2D eigenvalue weighted by molar-refractivity contribution is 0.0525. The molecule has 0 saturated heterocycles. The summed E-state index contributed by atoms with van der Waals surface area (Å²) < 4.78 is 0. The third-order valence-electron chi connectivity index (χ3n) is 5.57. The SMILES string of the molecule is CCCC(O)C1CCC(C2CCC(C#N)CC2)CC1. The minimum atomic E-state index is -0.0553. The normalized spacial score (nSPS) is 37.5. The van der Waals surface area contributed by atoms with Crippen molar-refractivity contribution in [2.75, 3.05) is 0 Å². The molecule has 2 fully saturated rings. The zero-order chi connectivity index (χ0) is 13.7. The second-order valence-electron chi connectivity index (χ2n) is 6.77. The summed E-state index contributed by atoms with van der Waals surface area (Å²) in [7, 11) is 0. The molecule has 0 aromatic heterocycles. The Hall–Kier alpha value is -0.550. The molecule has 2 aliphatic carbocycles. The first-order valence-electron chi connectivity index (χ1n) is 8.32. The van der Waals surface area contributed by atoms with Gasteiger partial charge in [0.15, 0.2) is 0 Å². The summed E-state index contributed by atoms with van der Waals surface area (Å²) in [4.78, 5) is 0. The van der Waals surface area contributed by atoms with Gasteiger partial charge >= 0.3 is 0 Å². The van der Waals surface area contributed by atoms with Crippen molar-refractivity contribution >= 4 is 0 Å². The summed E-state index contributed by atoms with van der Waals surface area (Å²) in [5.41, 5.74) is 0. The fourth-order valence-electron chi connectivity index (χ4n) is 4.25. The fraction of sp³-hybridized carbons (Fsp3) is 0.941. The first-order valence-corrected chi connectivity index (χ1v) is 8.32. The summed E-state index contributed by atoms with van der Waals surface area (Å²) in [6.45, 7) is 2.16. The lowest BCUT2D eigenvalue weighted by atomic mass is 9.68. The Morgan fingerprint density at radius 3 is 2.00 bits per heavy atom. The summed E-state index contributed by atoms with van der Waals surface area (Å²) >= 11 is 0. The Morgan fingerprint density at radius 1 is 1.00 bits per heavy atom. The number of rotatable bonds is 4. The van der Waals surface area contributed by atoms with E-state index in [-0.39, 0.29) is 6.10 Å². The maximum Gasteiger partial charge on any atom is 0.0655 e. The Bertz CT molecular complexity index is 293. The predicted octanol–water partition coefficient (Wildman–Crippen LogP) is 4.28. The van der Waals surface area contributed by atoms with Crippen LogP contribution >= 0.6 is 0 Å². The van der Waals surface area contributed by atoms with Crippen LogP contribution in [0.15, 0.2) is 0 Å². The van der Waals surface area contributed by atoms with Gasteiger partial charge in [-0.1, -0.05) is 13.3 Å². The summed E-state index contributed by atoms with van der Waals surface area (Å²) in [6.07, 6.45) is 11.9. The van der Waals surface area contributed by atoms with Crippen LogP contribution in [0.4, 0.5) is 0 Å². The highest BCUT2D eigenvalue weighted by molar-refractivity contribution is 4.90. The number of aliphatic hydroxyl groups is 1. The van der Waals surface area contributed by atoms with E-state index in [9.17, 15) is 5.11 Å². The molecule has 2 saturated carbocycles. The Labute approximate surface area is 118 Å². The van der Waals surface area contributed by atoms with E-state index in [1.54, 1.807) is 0 Å². The number of nitrogens with zero attached hydrogens (tertiary/aromatic N) is 1. The highest BCUT2D eigenvalue weighted by Gasteiger charge is 2.32. The molecule has 2 nitrogen and oxygen atoms in total. The van der Waals surface area contributed by atoms with E-state index in [0.717, 1.165) is 37.5 Å². The molecule has 108 valence electrons. The van der Waals surface area contributed by atoms with Gasteiger partial charge in [-0.2, -0.15) is 5.26 Å². The highest BCUT2D eigenvalue weighted by Crippen LogP contribution is 2.42. The van der Waals surface area contributed by atoms with E-state index in [0.29, 0.717) is 11.8 Å². The summed E-state index contributed by atoms with van der Waals surface area (Å²) in [6, 6.07) is 2.43. The lowest BCUT2D eigenvalue weighted by Crippen LogP contribution is -2.30. The van der Waals surface area contributed by atoms with E-state index >= 15 is 0 Å². The summed E-state index contributed by atoms with van der Waals surface area (Å²) in [5.74, 6) is 2.64. The van der Waals surface area contributed by atoms with Crippen molar-refractivity contribution in [1.29, 1.82) is 5.26 Å². The maximum absolute atomic E-state index is 10.1. The number of hydrogen-bond acceptors (Lipinski definition) is 2. The van der Waals surface area contributed by atoms with Crippen LogP contribution in [0.5, 0.6) is 0 Å². The van der Waals surface area contributed by atoms with Gasteiger partial charge in [0, 0.05) is 5.92 Å². The van der Waals surface area contributed by atoms with Gasteiger partial charge in [-0.25, -0.2) is 0 Å². The van der Waals surface area contributed by atoms with Crippen LogP contribution < -0.4 is 0 Å². The molecule has 2 rings (SSSR count). The van der Waals surface area contributed by atoms with Gasteiger partial charge in [-0.05, 0) is 75.5 Å². The fourth-order valence-corrected chi connectivity index (χ4v) is 4.25. The van der Waals surface area contributed by atoms with Gasteiger partial charge in [-0.15, -0.1) is 0 Å². The molecule has 0 aromatic rings. The Kier molecular flexibility index (Phi) is 5.70. The van der Waals surface area contributed by atoms with Crippen LogP contribution in [-0.2, 0) is 0 Å². The predicted molar refractivity (Wildman–Crippen MR) is 77.4 cm³/mol. The first-order chi connectivity index (χ1) is 9.24. The Morgan fingerprint density at radius 2 is 1.53 bits per heavy atom. The third-order valence-corrected chi connectivity index (χ3v) is 5.57. The van der Waals surface area contributed by atoms with Crippen LogP contribution in [0.3, 0.4) is 0 Å². The molecule has 0 aromatic carbocycles. The van der Waals surface area contributed by atoms with Crippen molar-refractivity contribution in [1.82, 2.24) is 0 Å². The molecule has 0 aliphatic heterocycles. The zero-order valence-electron chi connectivity index (χ0n) is 12.4. The second-order valence-corrected chi connectivity index (χ2v) is 6.77. The van der Waals surface area contributed by atoms with Crippen molar-refractivity contribution in [3.63, 3.8) is 0 Å². The average Bonchev–Trinajstić information content (AvgIpc) is 2.48. The zero-order valence-corrected chi connectivity index (χ0v) is 12.4. The molecule has 2 heteroatoms. The topological polar surface area (TPSA) is 44.0 Å². The van der Waals surface area contributed by atoms with Crippen LogP contribution in [0.1, 0.15) is 71.1 Å². The highest BCUT2D eigenvalue weighted by atomic mass is 16.3. The van der Waals surface area contributed by atoms with Crippen LogP contribution in [0.2, 0.25) is 0 Å². The molecule has 1 unspecified atom stereocenters. The van der Waals surface area contributed by atoms with Gasteiger partial charge in [0.25, 0.3) is 0 Å². The van der Waals surface area contributed by atoms with Crippen molar-refractivity contribution in [3.8, 4) is 6.07 Å². The van der Waals surface area contributed by atoms with E-state index in [4.69, 9.17) is 5.26 Å². The molecule has 1 N–H and O–H groups in total. The molecule has 0 bridgehead atoms. The van der Waals surface area contributed by atoms with E-state index < -0.39 is 0 Å². The van der Waals surface area contributed by atoms with Crippen molar-refractivity contribution in [3.05, 3.63) is 0 Å². The molecule has 0 amide bonds. The van der Waals surface area contributed by atoms with Crippen molar-refractivity contribution < 1.29 is 5.11 Å². The quantitative estimate of drug-likeness (QED) is 0.822. The number of nitriles is 1. The minimum absolute atomic E-state index is 0.0553.